The highest BCUT2D eigenvalue weighted by Crippen LogP contribution is 2.48. The Balaban J connectivity index is 2.19. The highest BCUT2D eigenvalue weighted by Gasteiger charge is 2.57. The second kappa shape index (κ2) is 9.72. The predicted molar refractivity (Wildman–Crippen MR) is 82.3 cm³/mol. The first-order valence-electron chi connectivity index (χ1n) is 8.44. The molecule has 1 saturated carbocycles. The molecule has 1 aliphatic rings. The lowest BCUT2D eigenvalue weighted by Gasteiger charge is -2.11. The topological polar surface area (TPSA) is 80.7 Å². The third kappa shape index (κ3) is 5.52. The van der Waals surface area contributed by atoms with Gasteiger partial charge >= 0.3 is 5.97 Å². The minimum atomic E-state index is -1.05. The van der Waals surface area contributed by atoms with Crippen molar-refractivity contribution in [2.45, 2.75) is 71.1 Å². The van der Waals surface area contributed by atoms with E-state index in [0.29, 0.717) is 19.3 Å². The number of aliphatic hydroxyl groups excluding tert-OH is 1. The number of ether oxygens (including phenoxy) is 1. The number of Topliss-reactive ketones (excluding diaryl/α,β-unsaturated/α-hetero) is 2. The first-order valence-corrected chi connectivity index (χ1v) is 8.44. The number of ketones is 2. The second-order valence-electron chi connectivity index (χ2n) is 6.00. The summed E-state index contributed by atoms with van der Waals surface area (Å²) in [7, 11) is 0. The molecule has 0 amide bonds. The van der Waals surface area contributed by atoms with Gasteiger partial charge < -0.3 is 9.84 Å². The average Bonchev–Trinajstić information content (AvgIpc) is 3.31. The molecule has 0 heterocycles. The zero-order chi connectivity index (χ0) is 16.4. The molecule has 0 aromatic carbocycles. The minimum absolute atomic E-state index is 0.0918. The maximum absolute atomic E-state index is 12.2. The number of esters is 1. The molecule has 1 rings (SSSR count). The van der Waals surface area contributed by atoms with Crippen LogP contribution in [0.3, 0.4) is 0 Å². The van der Waals surface area contributed by atoms with Gasteiger partial charge in [-0.1, -0.05) is 32.1 Å². The van der Waals surface area contributed by atoms with E-state index in [1.54, 1.807) is 6.92 Å². The molecule has 0 atom stereocenters. The molecule has 0 aromatic heterocycles. The van der Waals surface area contributed by atoms with E-state index in [2.05, 4.69) is 0 Å². The Morgan fingerprint density at radius 2 is 1.50 bits per heavy atom. The van der Waals surface area contributed by atoms with E-state index in [9.17, 15) is 14.4 Å². The molecule has 22 heavy (non-hydrogen) atoms. The molecule has 126 valence electrons. The fourth-order valence-corrected chi connectivity index (χ4v) is 2.67. The normalized spacial score (nSPS) is 15.4. The van der Waals surface area contributed by atoms with E-state index < -0.39 is 17.2 Å². The van der Waals surface area contributed by atoms with Crippen LogP contribution in [-0.4, -0.2) is 35.9 Å². The van der Waals surface area contributed by atoms with Crippen LogP contribution < -0.4 is 0 Å². The number of carbonyl (C=O) groups excluding carboxylic acids is 3. The molecule has 5 nitrogen and oxygen atoms in total. The zero-order valence-corrected chi connectivity index (χ0v) is 13.6. The van der Waals surface area contributed by atoms with E-state index in [4.69, 9.17) is 9.84 Å². The summed E-state index contributed by atoms with van der Waals surface area (Å²) in [6.45, 7) is 2.06. The third-order valence-electron chi connectivity index (χ3n) is 4.24. The molecule has 0 radical (unpaired) electrons. The van der Waals surface area contributed by atoms with Gasteiger partial charge in [-0.15, -0.1) is 0 Å². The molecule has 0 aromatic rings. The third-order valence-corrected chi connectivity index (χ3v) is 4.24. The van der Waals surface area contributed by atoms with Crippen molar-refractivity contribution in [3.05, 3.63) is 0 Å². The van der Waals surface area contributed by atoms with Crippen molar-refractivity contribution in [2.75, 3.05) is 13.2 Å². The lowest BCUT2D eigenvalue weighted by molar-refractivity contribution is -0.157. The van der Waals surface area contributed by atoms with Gasteiger partial charge in [-0.3, -0.25) is 9.59 Å². The average molecular weight is 312 g/mol. The standard InChI is InChI=1S/C17H28O5/c1-2-22-16(21)15(20)17(11-12-17)14(19)10-8-6-4-3-5-7-9-13-18/h18H,2-13H2,1H3. The monoisotopic (exact) mass is 312 g/mol. The Kier molecular flexibility index (Phi) is 8.31. The molecule has 0 bridgehead atoms. The molecule has 1 aliphatic carbocycles. The maximum atomic E-state index is 12.2. The molecule has 0 spiro atoms. The molecule has 0 aliphatic heterocycles. The summed E-state index contributed by atoms with van der Waals surface area (Å²) in [6.07, 6.45) is 8.30. The fourth-order valence-electron chi connectivity index (χ4n) is 2.67. The van der Waals surface area contributed by atoms with Gasteiger partial charge in [0.25, 0.3) is 5.78 Å². The first kappa shape index (κ1) is 18.8. The van der Waals surface area contributed by atoms with Crippen molar-refractivity contribution < 1.29 is 24.2 Å². The summed E-state index contributed by atoms with van der Waals surface area (Å²) in [4.78, 5) is 35.7. The van der Waals surface area contributed by atoms with Crippen LogP contribution in [-0.2, 0) is 19.1 Å². The lowest BCUT2D eigenvalue weighted by atomic mass is 9.91. The molecule has 0 saturated heterocycles. The van der Waals surface area contributed by atoms with Crippen molar-refractivity contribution in [2.24, 2.45) is 5.41 Å². The van der Waals surface area contributed by atoms with E-state index in [1.165, 1.54) is 0 Å². The lowest BCUT2D eigenvalue weighted by Crippen LogP contribution is -2.33. The quantitative estimate of drug-likeness (QED) is 0.245. The smallest absolute Gasteiger partial charge is 0.375 e. The Morgan fingerprint density at radius 1 is 0.955 bits per heavy atom. The van der Waals surface area contributed by atoms with Crippen LogP contribution in [0.4, 0.5) is 0 Å². The molecular formula is C17H28O5. The summed E-state index contributed by atoms with van der Waals surface area (Å²) in [5, 5.41) is 8.67. The largest absolute Gasteiger partial charge is 0.460 e. The number of aliphatic hydroxyl groups is 1. The van der Waals surface area contributed by atoms with Gasteiger partial charge in [0.15, 0.2) is 0 Å². The van der Waals surface area contributed by atoms with Gasteiger partial charge in [-0.05, 0) is 32.6 Å². The fraction of sp³-hybridized carbons (Fsp3) is 0.824. The number of hydrogen-bond acceptors (Lipinski definition) is 5. The van der Waals surface area contributed by atoms with Crippen LogP contribution in [0.25, 0.3) is 0 Å². The molecule has 1 fully saturated rings. The van der Waals surface area contributed by atoms with Gasteiger partial charge in [0.1, 0.15) is 5.78 Å². The zero-order valence-electron chi connectivity index (χ0n) is 13.6. The Bertz CT molecular complexity index is 385. The first-order chi connectivity index (χ1) is 10.6. The number of unbranched alkanes of at least 4 members (excludes halogenated alkanes) is 6. The number of rotatable bonds is 13. The SMILES string of the molecule is CCOC(=O)C(=O)C1(C(=O)CCCCCCCCCO)CC1. The van der Waals surface area contributed by atoms with Gasteiger partial charge in [0.05, 0.1) is 12.0 Å². The van der Waals surface area contributed by atoms with Crippen LogP contribution in [0.5, 0.6) is 0 Å². The molecule has 1 N–H and O–H groups in total. The van der Waals surface area contributed by atoms with Crippen molar-refractivity contribution in [1.82, 2.24) is 0 Å². The van der Waals surface area contributed by atoms with Crippen molar-refractivity contribution >= 4 is 17.5 Å². The second-order valence-corrected chi connectivity index (χ2v) is 6.00. The minimum Gasteiger partial charge on any atom is -0.460 e. The van der Waals surface area contributed by atoms with E-state index in [0.717, 1.165) is 44.9 Å². The summed E-state index contributed by atoms with van der Waals surface area (Å²) in [5.41, 5.74) is -1.05. The van der Waals surface area contributed by atoms with Gasteiger partial charge in [0.2, 0.25) is 0 Å². The Labute approximate surface area is 132 Å². The van der Waals surface area contributed by atoms with Crippen LogP contribution in [0.1, 0.15) is 71.1 Å². The number of hydrogen-bond donors (Lipinski definition) is 1. The summed E-state index contributed by atoms with van der Waals surface area (Å²) in [6, 6.07) is 0. The van der Waals surface area contributed by atoms with E-state index >= 15 is 0 Å². The van der Waals surface area contributed by atoms with Crippen LogP contribution in [0.15, 0.2) is 0 Å². The molecule has 5 heteroatoms. The van der Waals surface area contributed by atoms with Crippen LogP contribution in [0, 0.1) is 5.41 Å². The van der Waals surface area contributed by atoms with Crippen LogP contribution in [0.2, 0.25) is 0 Å². The van der Waals surface area contributed by atoms with E-state index in [1.807, 2.05) is 0 Å². The molecule has 0 unspecified atom stereocenters. The van der Waals surface area contributed by atoms with Gasteiger partial charge in [0, 0.05) is 13.0 Å². The highest BCUT2D eigenvalue weighted by molar-refractivity contribution is 6.41. The van der Waals surface area contributed by atoms with E-state index in [-0.39, 0.29) is 19.0 Å². The van der Waals surface area contributed by atoms with Gasteiger partial charge in [-0.25, -0.2) is 4.79 Å². The molecular weight excluding hydrogens is 284 g/mol. The van der Waals surface area contributed by atoms with Crippen molar-refractivity contribution in [1.29, 1.82) is 0 Å². The van der Waals surface area contributed by atoms with Crippen LogP contribution >= 0.6 is 0 Å². The maximum Gasteiger partial charge on any atom is 0.375 e. The highest BCUT2D eigenvalue weighted by atomic mass is 16.5. The predicted octanol–water partition coefficient (Wildman–Crippen LogP) is 2.58. The summed E-state index contributed by atoms with van der Waals surface area (Å²) >= 11 is 0. The Hall–Kier alpha value is -1.23. The summed E-state index contributed by atoms with van der Waals surface area (Å²) < 4.78 is 4.71. The Morgan fingerprint density at radius 3 is 2.00 bits per heavy atom. The van der Waals surface area contributed by atoms with Crippen molar-refractivity contribution in [3.63, 3.8) is 0 Å². The van der Waals surface area contributed by atoms with Crippen molar-refractivity contribution in [3.8, 4) is 0 Å². The summed E-state index contributed by atoms with van der Waals surface area (Å²) in [5.74, 6) is -1.61. The number of carbonyl (C=O) groups is 3. The van der Waals surface area contributed by atoms with Gasteiger partial charge in [-0.2, -0.15) is 0 Å².